The Labute approximate surface area is 75.8 Å². The minimum atomic E-state index is 0.182. The van der Waals surface area contributed by atoms with Gasteiger partial charge < -0.3 is 0 Å². The third-order valence-electron chi connectivity index (χ3n) is 1.86. The summed E-state index contributed by atoms with van der Waals surface area (Å²) in [5.74, 6) is 0. The van der Waals surface area contributed by atoms with Crippen molar-refractivity contribution in [3.8, 4) is 0 Å². The van der Waals surface area contributed by atoms with Crippen LogP contribution >= 0.6 is 11.3 Å². The van der Waals surface area contributed by atoms with Crippen LogP contribution in [0, 0.1) is 6.92 Å². The quantitative estimate of drug-likeness (QED) is 0.718. The fraction of sp³-hybridized carbons (Fsp3) is 0.333. The molecule has 64 valence electrons. The molecule has 0 amide bonds. The van der Waals surface area contributed by atoms with Crippen LogP contribution in [0.25, 0.3) is 5.70 Å². The summed E-state index contributed by atoms with van der Waals surface area (Å²) in [6, 6.07) is 2.12. The Kier molecular flexibility index (Phi) is 1.90. The Morgan fingerprint density at radius 2 is 2.42 bits per heavy atom. The molecule has 0 aromatic carbocycles. The van der Waals surface area contributed by atoms with Gasteiger partial charge in [0.25, 0.3) is 0 Å². The minimum Gasteiger partial charge on any atom is -0.269 e. The van der Waals surface area contributed by atoms with E-state index >= 15 is 0 Å². The van der Waals surface area contributed by atoms with Crippen molar-refractivity contribution >= 4 is 17.0 Å². The molecule has 2 nitrogen and oxygen atoms in total. The molecular weight excluding hydrogens is 170 g/mol. The van der Waals surface area contributed by atoms with Gasteiger partial charge in [0.15, 0.2) is 0 Å². The van der Waals surface area contributed by atoms with Crippen molar-refractivity contribution in [2.75, 3.05) is 0 Å². The molecular formula is C9H11NOS. The van der Waals surface area contributed by atoms with Crippen LogP contribution in [0.1, 0.15) is 17.4 Å². The lowest BCUT2D eigenvalue weighted by atomic mass is 10.2. The minimum absolute atomic E-state index is 0.182. The van der Waals surface area contributed by atoms with E-state index in [0.717, 1.165) is 5.70 Å². The molecule has 0 fully saturated rings. The molecule has 0 radical (unpaired) electrons. The van der Waals surface area contributed by atoms with E-state index in [9.17, 15) is 0 Å². The predicted molar refractivity (Wildman–Crippen MR) is 50.7 cm³/mol. The topological polar surface area (TPSA) is 21.3 Å². The van der Waals surface area contributed by atoms with Crippen molar-refractivity contribution < 1.29 is 4.84 Å². The largest absolute Gasteiger partial charge is 0.269 e. The van der Waals surface area contributed by atoms with Crippen molar-refractivity contribution in [1.82, 2.24) is 5.48 Å². The molecule has 0 spiro atoms. The monoisotopic (exact) mass is 181 g/mol. The Bertz CT molecular complexity index is 316. The summed E-state index contributed by atoms with van der Waals surface area (Å²) in [5, 5.41) is 2.09. The Balaban J connectivity index is 2.32. The standard InChI is InChI=1S/C9H11NOS/c1-6-3-4-12-9(6)8-5-7(2)11-10-8/h3-5,7,10H,1-2H3. The molecule has 1 aromatic heterocycles. The SMILES string of the molecule is Cc1ccsc1C1=CC(C)ON1. The first kappa shape index (κ1) is 7.83. The van der Waals surface area contributed by atoms with Gasteiger partial charge in [0.2, 0.25) is 0 Å². The first-order chi connectivity index (χ1) is 5.77. The lowest BCUT2D eigenvalue weighted by Gasteiger charge is -2.01. The van der Waals surface area contributed by atoms with Crippen molar-refractivity contribution in [3.05, 3.63) is 28.0 Å². The van der Waals surface area contributed by atoms with E-state index in [1.807, 2.05) is 6.92 Å². The van der Waals surface area contributed by atoms with Crippen molar-refractivity contribution in [1.29, 1.82) is 0 Å². The number of aryl methyl sites for hydroxylation is 1. The highest BCUT2D eigenvalue weighted by atomic mass is 32.1. The summed E-state index contributed by atoms with van der Waals surface area (Å²) in [7, 11) is 0. The summed E-state index contributed by atoms with van der Waals surface area (Å²) < 4.78 is 0. The average molecular weight is 181 g/mol. The zero-order valence-electron chi connectivity index (χ0n) is 7.13. The van der Waals surface area contributed by atoms with Crippen molar-refractivity contribution in [2.45, 2.75) is 20.0 Å². The number of hydrogen-bond acceptors (Lipinski definition) is 3. The number of rotatable bonds is 1. The summed E-state index contributed by atoms with van der Waals surface area (Å²) in [6.45, 7) is 4.13. The second-order valence-corrected chi connectivity index (χ2v) is 3.85. The molecule has 2 heterocycles. The molecule has 0 saturated heterocycles. The van der Waals surface area contributed by atoms with Gasteiger partial charge in [-0.2, -0.15) is 0 Å². The number of thiophene rings is 1. The van der Waals surface area contributed by atoms with Gasteiger partial charge in [0, 0.05) is 0 Å². The number of hydrogen-bond donors (Lipinski definition) is 1. The van der Waals surface area contributed by atoms with Crippen LogP contribution in [0.2, 0.25) is 0 Å². The van der Waals surface area contributed by atoms with E-state index in [-0.39, 0.29) is 6.10 Å². The Hall–Kier alpha value is -0.800. The predicted octanol–water partition coefficient (Wildman–Crippen LogP) is 2.32. The highest BCUT2D eigenvalue weighted by molar-refractivity contribution is 7.11. The van der Waals surface area contributed by atoms with E-state index in [4.69, 9.17) is 4.84 Å². The van der Waals surface area contributed by atoms with Crippen LogP contribution in [-0.4, -0.2) is 6.10 Å². The second kappa shape index (κ2) is 2.92. The zero-order valence-corrected chi connectivity index (χ0v) is 7.94. The third-order valence-corrected chi connectivity index (χ3v) is 2.91. The maximum atomic E-state index is 5.21. The Morgan fingerprint density at radius 1 is 1.58 bits per heavy atom. The number of hydroxylamine groups is 1. The summed E-state index contributed by atoms with van der Waals surface area (Å²) in [6.07, 6.45) is 2.28. The molecule has 1 unspecified atom stereocenters. The van der Waals surface area contributed by atoms with Gasteiger partial charge in [0.05, 0.1) is 10.6 Å². The molecule has 1 aliphatic heterocycles. The molecule has 1 aromatic rings. The van der Waals surface area contributed by atoms with Gasteiger partial charge in [-0.15, -0.1) is 11.3 Å². The third kappa shape index (κ3) is 1.26. The molecule has 1 atom stereocenters. The van der Waals surface area contributed by atoms with Crippen LogP contribution < -0.4 is 5.48 Å². The van der Waals surface area contributed by atoms with Crippen LogP contribution in [0.4, 0.5) is 0 Å². The van der Waals surface area contributed by atoms with Gasteiger partial charge >= 0.3 is 0 Å². The Morgan fingerprint density at radius 3 is 2.92 bits per heavy atom. The van der Waals surface area contributed by atoms with E-state index in [1.54, 1.807) is 11.3 Å². The first-order valence-corrected chi connectivity index (χ1v) is 4.83. The number of nitrogens with one attached hydrogen (secondary N) is 1. The van der Waals surface area contributed by atoms with E-state index in [2.05, 4.69) is 29.9 Å². The van der Waals surface area contributed by atoms with E-state index in [0.29, 0.717) is 0 Å². The molecule has 3 heteroatoms. The summed E-state index contributed by atoms with van der Waals surface area (Å²) >= 11 is 1.74. The van der Waals surface area contributed by atoms with Gasteiger partial charge in [-0.3, -0.25) is 10.3 Å². The van der Waals surface area contributed by atoms with E-state index < -0.39 is 0 Å². The van der Waals surface area contributed by atoms with Crippen LogP contribution in [0.3, 0.4) is 0 Å². The molecule has 0 aliphatic carbocycles. The van der Waals surface area contributed by atoms with Crippen LogP contribution in [0.15, 0.2) is 17.5 Å². The van der Waals surface area contributed by atoms with Gasteiger partial charge in [0.1, 0.15) is 6.10 Å². The van der Waals surface area contributed by atoms with Crippen LogP contribution in [0.5, 0.6) is 0 Å². The van der Waals surface area contributed by atoms with Gasteiger partial charge in [-0.05, 0) is 36.9 Å². The normalized spacial score (nSPS) is 22.2. The summed E-state index contributed by atoms with van der Waals surface area (Å²) in [5.41, 5.74) is 5.33. The molecule has 12 heavy (non-hydrogen) atoms. The lowest BCUT2D eigenvalue weighted by molar-refractivity contribution is 0.0626. The molecule has 1 aliphatic rings. The molecule has 1 N–H and O–H groups in total. The smallest absolute Gasteiger partial charge is 0.103 e. The average Bonchev–Trinajstić information content (AvgIpc) is 2.58. The van der Waals surface area contributed by atoms with Gasteiger partial charge in [-0.1, -0.05) is 0 Å². The fourth-order valence-corrected chi connectivity index (χ4v) is 2.13. The van der Waals surface area contributed by atoms with Crippen LogP contribution in [-0.2, 0) is 4.84 Å². The van der Waals surface area contributed by atoms with Gasteiger partial charge in [-0.25, -0.2) is 0 Å². The highest BCUT2D eigenvalue weighted by Crippen LogP contribution is 2.26. The maximum Gasteiger partial charge on any atom is 0.103 e. The molecule has 0 bridgehead atoms. The van der Waals surface area contributed by atoms with Crippen molar-refractivity contribution in [3.63, 3.8) is 0 Å². The van der Waals surface area contributed by atoms with Crippen molar-refractivity contribution in [2.24, 2.45) is 0 Å². The fourth-order valence-electron chi connectivity index (χ4n) is 1.23. The second-order valence-electron chi connectivity index (χ2n) is 2.94. The van der Waals surface area contributed by atoms with E-state index in [1.165, 1.54) is 10.4 Å². The maximum absolute atomic E-state index is 5.21. The lowest BCUT2D eigenvalue weighted by Crippen LogP contribution is -2.08. The first-order valence-electron chi connectivity index (χ1n) is 3.95. The molecule has 2 rings (SSSR count). The molecule has 0 saturated carbocycles. The summed E-state index contributed by atoms with van der Waals surface area (Å²) in [4.78, 5) is 6.49. The highest BCUT2D eigenvalue weighted by Gasteiger charge is 2.14. The zero-order chi connectivity index (χ0) is 8.55.